The van der Waals surface area contributed by atoms with Crippen molar-refractivity contribution in [1.82, 2.24) is 0 Å². The van der Waals surface area contributed by atoms with E-state index in [-0.39, 0.29) is 0 Å². The number of carbonyl (C=O) groups is 1. The first-order valence-corrected chi connectivity index (χ1v) is 6.56. The minimum atomic E-state index is -1.63. The summed E-state index contributed by atoms with van der Waals surface area (Å²) in [5, 5.41) is 2.17. The molecule has 1 atom stereocenters. The maximum atomic E-state index is 13.5. The van der Waals surface area contributed by atoms with Crippen molar-refractivity contribution in [2.24, 2.45) is 0 Å². The van der Waals surface area contributed by atoms with Crippen molar-refractivity contribution in [2.45, 2.75) is 20.0 Å². The zero-order valence-electron chi connectivity index (χ0n) is 12.0. The van der Waals surface area contributed by atoms with Gasteiger partial charge in [0.05, 0.1) is 5.69 Å². The van der Waals surface area contributed by atoms with E-state index in [1.165, 1.54) is 6.92 Å². The number of amides is 1. The van der Waals surface area contributed by atoms with Crippen molar-refractivity contribution in [1.29, 1.82) is 0 Å². The van der Waals surface area contributed by atoms with Crippen LogP contribution in [0.15, 0.2) is 36.4 Å². The van der Waals surface area contributed by atoms with E-state index in [1.807, 2.05) is 19.1 Å². The summed E-state index contributed by atoms with van der Waals surface area (Å²) in [6.07, 6.45) is -0.936. The summed E-state index contributed by atoms with van der Waals surface area (Å²) in [5.41, 5.74) is 0.394. The van der Waals surface area contributed by atoms with E-state index in [4.69, 9.17) is 4.74 Å². The number of hydrogen-bond acceptors (Lipinski definition) is 2. The number of ether oxygens (including phenoxy) is 1. The maximum absolute atomic E-state index is 13.5. The number of anilines is 1. The average molecular weight is 309 g/mol. The van der Waals surface area contributed by atoms with Gasteiger partial charge in [-0.25, -0.2) is 13.2 Å². The van der Waals surface area contributed by atoms with Crippen LogP contribution in [0, 0.1) is 24.4 Å². The van der Waals surface area contributed by atoms with Gasteiger partial charge in [-0.3, -0.25) is 4.79 Å². The zero-order valence-corrected chi connectivity index (χ0v) is 12.0. The Labute approximate surface area is 125 Å². The third-order valence-corrected chi connectivity index (χ3v) is 3.06. The van der Waals surface area contributed by atoms with Crippen LogP contribution in [0.5, 0.6) is 5.75 Å². The van der Waals surface area contributed by atoms with E-state index in [0.29, 0.717) is 5.75 Å². The number of rotatable bonds is 4. The summed E-state index contributed by atoms with van der Waals surface area (Å²) in [5.74, 6) is -4.56. The largest absolute Gasteiger partial charge is 0.481 e. The number of para-hydroxylation sites is 1. The highest BCUT2D eigenvalue weighted by Gasteiger charge is 2.20. The Bertz CT molecular complexity index is 704. The molecule has 1 N–H and O–H groups in total. The fourth-order valence-electron chi connectivity index (χ4n) is 1.79. The Hall–Kier alpha value is -2.50. The number of benzene rings is 2. The average Bonchev–Trinajstić information content (AvgIpc) is 2.50. The summed E-state index contributed by atoms with van der Waals surface area (Å²) in [6.45, 7) is 3.29. The molecular formula is C16H14F3NO2. The van der Waals surface area contributed by atoms with Gasteiger partial charge in [0.25, 0.3) is 5.91 Å². The molecule has 2 rings (SSSR count). The molecule has 0 saturated heterocycles. The normalized spacial score (nSPS) is 11.9. The Kier molecular flexibility index (Phi) is 4.70. The standard InChI is InChI=1S/C16H14F3NO2/c1-9-5-3-4-6-13(9)22-10(2)16(21)20-12-8-7-11(17)14(18)15(12)19/h3-8,10H,1-2H3,(H,20,21)/t10-/m1/s1. The highest BCUT2D eigenvalue weighted by Crippen LogP contribution is 2.21. The van der Waals surface area contributed by atoms with Crippen LogP contribution in [-0.2, 0) is 4.79 Å². The first kappa shape index (κ1) is 15.9. The molecule has 0 unspecified atom stereocenters. The number of hydrogen-bond donors (Lipinski definition) is 1. The lowest BCUT2D eigenvalue weighted by atomic mass is 10.2. The van der Waals surface area contributed by atoms with Gasteiger partial charge in [0.2, 0.25) is 0 Å². The molecule has 0 aromatic heterocycles. The fourth-order valence-corrected chi connectivity index (χ4v) is 1.79. The Morgan fingerprint density at radius 2 is 1.77 bits per heavy atom. The fraction of sp³-hybridized carbons (Fsp3) is 0.188. The Balaban J connectivity index is 2.09. The van der Waals surface area contributed by atoms with Crippen LogP contribution < -0.4 is 10.1 Å². The summed E-state index contributed by atoms with van der Waals surface area (Å²) < 4.78 is 44.9. The van der Waals surface area contributed by atoms with Crippen molar-refractivity contribution < 1.29 is 22.7 Å². The molecule has 2 aromatic rings. The second-order valence-electron chi connectivity index (χ2n) is 4.74. The topological polar surface area (TPSA) is 38.3 Å². The monoisotopic (exact) mass is 309 g/mol. The quantitative estimate of drug-likeness (QED) is 0.872. The number of aryl methyl sites for hydroxylation is 1. The molecule has 0 spiro atoms. The van der Waals surface area contributed by atoms with Crippen LogP contribution >= 0.6 is 0 Å². The highest BCUT2D eigenvalue weighted by molar-refractivity contribution is 5.94. The van der Waals surface area contributed by atoms with Crippen molar-refractivity contribution in [3.8, 4) is 5.75 Å². The van der Waals surface area contributed by atoms with E-state index in [2.05, 4.69) is 5.32 Å². The van der Waals surface area contributed by atoms with Gasteiger partial charge < -0.3 is 10.1 Å². The third kappa shape index (κ3) is 3.39. The molecule has 6 heteroatoms. The van der Waals surface area contributed by atoms with E-state index in [9.17, 15) is 18.0 Å². The molecule has 0 aliphatic rings. The smallest absolute Gasteiger partial charge is 0.265 e. The number of carbonyl (C=O) groups excluding carboxylic acids is 1. The predicted molar refractivity (Wildman–Crippen MR) is 76.2 cm³/mol. The number of halogens is 3. The molecule has 0 bridgehead atoms. The van der Waals surface area contributed by atoms with Gasteiger partial charge in [0, 0.05) is 0 Å². The van der Waals surface area contributed by atoms with Crippen LogP contribution in [0.25, 0.3) is 0 Å². The van der Waals surface area contributed by atoms with Crippen LogP contribution in [0.3, 0.4) is 0 Å². The molecule has 3 nitrogen and oxygen atoms in total. The first-order chi connectivity index (χ1) is 10.4. The maximum Gasteiger partial charge on any atom is 0.265 e. The van der Waals surface area contributed by atoms with Gasteiger partial charge in [-0.05, 0) is 37.6 Å². The molecule has 22 heavy (non-hydrogen) atoms. The predicted octanol–water partition coefficient (Wildman–Crippen LogP) is 3.82. The molecule has 1 amide bonds. The molecule has 116 valence electrons. The molecule has 0 aliphatic carbocycles. The highest BCUT2D eigenvalue weighted by atomic mass is 19.2. The molecule has 0 radical (unpaired) electrons. The van der Waals surface area contributed by atoms with E-state index in [0.717, 1.165) is 17.7 Å². The van der Waals surface area contributed by atoms with Crippen molar-refractivity contribution in [2.75, 3.05) is 5.32 Å². The van der Waals surface area contributed by atoms with Crippen LogP contribution in [0.1, 0.15) is 12.5 Å². The summed E-state index contributed by atoms with van der Waals surface area (Å²) in [6, 6.07) is 8.77. The molecule has 0 saturated carbocycles. The van der Waals surface area contributed by atoms with Crippen LogP contribution in [0.4, 0.5) is 18.9 Å². The van der Waals surface area contributed by atoms with Crippen molar-refractivity contribution in [3.05, 3.63) is 59.4 Å². The second-order valence-corrected chi connectivity index (χ2v) is 4.74. The van der Waals surface area contributed by atoms with Gasteiger partial charge in [-0.15, -0.1) is 0 Å². The van der Waals surface area contributed by atoms with Crippen LogP contribution in [0.2, 0.25) is 0 Å². The van der Waals surface area contributed by atoms with Gasteiger partial charge in [-0.2, -0.15) is 0 Å². The minimum absolute atomic E-state index is 0.441. The summed E-state index contributed by atoms with van der Waals surface area (Å²) in [7, 11) is 0. The summed E-state index contributed by atoms with van der Waals surface area (Å²) >= 11 is 0. The first-order valence-electron chi connectivity index (χ1n) is 6.56. The van der Waals surface area contributed by atoms with Crippen molar-refractivity contribution >= 4 is 11.6 Å². The van der Waals surface area contributed by atoms with E-state index >= 15 is 0 Å². The molecule has 2 aromatic carbocycles. The van der Waals surface area contributed by atoms with E-state index in [1.54, 1.807) is 12.1 Å². The summed E-state index contributed by atoms with van der Waals surface area (Å²) in [4.78, 5) is 12.0. The van der Waals surface area contributed by atoms with Gasteiger partial charge in [-0.1, -0.05) is 18.2 Å². The number of nitrogens with one attached hydrogen (secondary N) is 1. The van der Waals surface area contributed by atoms with Crippen molar-refractivity contribution in [3.63, 3.8) is 0 Å². The molecular weight excluding hydrogens is 295 g/mol. The lowest BCUT2D eigenvalue weighted by Gasteiger charge is -2.16. The van der Waals surface area contributed by atoms with Gasteiger partial charge in [0.15, 0.2) is 23.6 Å². The third-order valence-electron chi connectivity index (χ3n) is 3.06. The minimum Gasteiger partial charge on any atom is -0.481 e. The molecule has 0 aliphatic heterocycles. The Morgan fingerprint density at radius 1 is 1.09 bits per heavy atom. The lowest BCUT2D eigenvalue weighted by Crippen LogP contribution is -2.30. The molecule has 0 heterocycles. The lowest BCUT2D eigenvalue weighted by molar-refractivity contribution is -0.122. The Morgan fingerprint density at radius 3 is 2.45 bits per heavy atom. The SMILES string of the molecule is Cc1ccccc1O[C@H](C)C(=O)Nc1ccc(F)c(F)c1F. The second kappa shape index (κ2) is 6.51. The van der Waals surface area contributed by atoms with E-state index < -0.39 is 35.2 Å². The van der Waals surface area contributed by atoms with Crippen LogP contribution in [-0.4, -0.2) is 12.0 Å². The van der Waals surface area contributed by atoms with Gasteiger partial charge in [0.1, 0.15) is 5.75 Å². The zero-order chi connectivity index (χ0) is 16.3. The molecule has 0 fully saturated rings. The van der Waals surface area contributed by atoms with Gasteiger partial charge >= 0.3 is 0 Å².